The van der Waals surface area contributed by atoms with Crippen LogP contribution in [0.1, 0.15) is 22.3 Å². The summed E-state index contributed by atoms with van der Waals surface area (Å²) in [6.07, 6.45) is 2.34. The molecule has 0 atom stereocenters. The van der Waals surface area contributed by atoms with Crippen LogP contribution in [0.5, 0.6) is 0 Å². The molecule has 1 amide bonds. The van der Waals surface area contributed by atoms with Gasteiger partial charge in [0.05, 0.1) is 5.56 Å². The number of pyridine rings is 1. The Kier molecular flexibility index (Phi) is 6.84. The minimum atomic E-state index is -0.133. The first-order valence-corrected chi connectivity index (χ1v) is 7.79. The zero-order valence-corrected chi connectivity index (χ0v) is 13.8. The van der Waals surface area contributed by atoms with Crippen LogP contribution >= 0.6 is 11.6 Å². The maximum atomic E-state index is 11.9. The van der Waals surface area contributed by atoms with Gasteiger partial charge in [-0.15, -0.1) is 0 Å². The number of nitrogens with zero attached hydrogens (tertiary/aromatic N) is 1. The molecule has 0 aliphatic heterocycles. The van der Waals surface area contributed by atoms with E-state index in [-0.39, 0.29) is 5.91 Å². The second kappa shape index (κ2) is 9.12. The number of aromatic nitrogens is 1. The molecule has 2 aromatic rings. The minimum Gasteiger partial charge on any atom is -0.385 e. The summed E-state index contributed by atoms with van der Waals surface area (Å²) in [6, 6.07) is 11.2. The van der Waals surface area contributed by atoms with Crippen LogP contribution in [0.3, 0.4) is 0 Å². The van der Waals surface area contributed by atoms with Crippen LogP contribution in [0.15, 0.2) is 42.6 Å². The summed E-state index contributed by atoms with van der Waals surface area (Å²) in [5.41, 5.74) is 1.53. The van der Waals surface area contributed by atoms with Gasteiger partial charge in [0.1, 0.15) is 5.82 Å². The summed E-state index contributed by atoms with van der Waals surface area (Å²) in [5.74, 6) is 0.562. The van der Waals surface area contributed by atoms with E-state index < -0.39 is 0 Å². The maximum Gasteiger partial charge on any atom is 0.252 e. The van der Waals surface area contributed by atoms with E-state index in [2.05, 4.69) is 15.6 Å². The lowest BCUT2D eigenvalue weighted by Crippen LogP contribution is -2.25. The second-order valence-electron chi connectivity index (χ2n) is 4.98. The third kappa shape index (κ3) is 5.54. The summed E-state index contributed by atoms with van der Waals surface area (Å²) < 4.78 is 4.94. The van der Waals surface area contributed by atoms with Crippen LogP contribution in [-0.4, -0.2) is 31.2 Å². The number of ether oxygens (including phenoxy) is 1. The molecule has 0 spiro atoms. The van der Waals surface area contributed by atoms with E-state index in [0.717, 1.165) is 12.0 Å². The molecule has 0 aliphatic carbocycles. The quantitative estimate of drug-likeness (QED) is 0.729. The lowest BCUT2D eigenvalue weighted by Gasteiger charge is -2.08. The number of hydrogen-bond donors (Lipinski definition) is 2. The van der Waals surface area contributed by atoms with Crippen molar-refractivity contribution in [3.63, 3.8) is 0 Å². The smallest absolute Gasteiger partial charge is 0.252 e. The molecule has 5 nitrogen and oxygen atoms in total. The second-order valence-corrected chi connectivity index (χ2v) is 5.39. The molecule has 0 aliphatic rings. The van der Waals surface area contributed by atoms with Gasteiger partial charge in [0.25, 0.3) is 5.91 Å². The van der Waals surface area contributed by atoms with E-state index in [1.54, 1.807) is 25.4 Å². The molecule has 2 rings (SSSR count). The van der Waals surface area contributed by atoms with E-state index >= 15 is 0 Å². The van der Waals surface area contributed by atoms with Gasteiger partial charge in [0.2, 0.25) is 0 Å². The number of halogens is 1. The van der Waals surface area contributed by atoms with Gasteiger partial charge >= 0.3 is 0 Å². The first-order valence-electron chi connectivity index (χ1n) is 7.41. The summed E-state index contributed by atoms with van der Waals surface area (Å²) >= 11 is 6.11. The van der Waals surface area contributed by atoms with E-state index in [9.17, 15) is 4.79 Å². The van der Waals surface area contributed by atoms with Crippen LogP contribution in [-0.2, 0) is 11.3 Å². The number of rotatable bonds is 8. The monoisotopic (exact) mass is 333 g/mol. The summed E-state index contributed by atoms with van der Waals surface area (Å²) in [7, 11) is 1.64. The third-order valence-electron chi connectivity index (χ3n) is 3.25. The molecule has 23 heavy (non-hydrogen) atoms. The predicted octanol–water partition coefficient (Wildman–Crippen LogP) is 3.11. The highest BCUT2D eigenvalue weighted by Gasteiger charge is 2.06. The number of carbonyl (C=O) groups excluding carboxylic acids is 1. The highest BCUT2D eigenvalue weighted by Crippen LogP contribution is 2.16. The fraction of sp³-hybridized carbons (Fsp3) is 0.294. The van der Waals surface area contributed by atoms with Crippen molar-refractivity contribution in [1.29, 1.82) is 0 Å². The van der Waals surface area contributed by atoms with Crippen LogP contribution < -0.4 is 10.6 Å². The van der Waals surface area contributed by atoms with Gasteiger partial charge in [-0.1, -0.05) is 29.8 Å². The van der Waals surface area contributed by atoms with Crippen molar-refractivity contribution in [2.45, 2.75) is 13.0 Å². The number of methoxy groups -OCH3 is 1. The van der Waals surface area contributed by atoms with E-state index in [1.165, 1.54) is 0 Å². The molecule has 1 aromatic carbocycles. The lowest BCUT2D eigenvalue weighted by atomic mass is 10.2. The minimum absolute atomic E-state index is 0.133. The number of anilines is 1. The zero-order chi connectivity index (χ0) is 16.5. The fourth-order valence-corrected chi connectivity index (χ4v) is 2.18. The van der Waals surface area contributed by atoms with Gasteiger partial charge in [-0.25, -0.2) is 4.98 Å². The number of nitrogens with one attached hydrogen (secondary N) is 2. The standard InChI is InChI=1S/C17H20ClN3O2/c1-23-10-4-9-19-17(22)14-7-8-16(21-12-14)20-11-13-5-2-3-6-15(13)18/h2-3,5-8,12H,4,9-11H2,1H3,(H,19,22)(H,20,21). The van der Waals surface area contributed by atoms with E-state index in [4.69, 9.17) is 16.3 Å². The van der Waals surface area contributed by atoms with Crippen molar-refractivity contribution in [3.05, 3.63) is 58.7 Å². The van der Waals surface area contributed by atoms with Crippen molar-refractivity contribution >= 4 is 23.3 Å². The third-order valence-corrected chi connectivity index (χ3v) is 3.62. The number of carbonyl (C=O) groups is 1. The van der Waals surface area contributed by atoms with Gasteiger partial charge in [-0.05, 0) is 30.2 Å². The molecule has 0 radical (unpaired) electrons. The summed E-state index contributed by atoms with van der Waals surface area (Å²) in [6.45, 7) is 1.79. The summed E-state index contributed by atoms with van der Waals surface area (Å²) in [4.78, 5) is 16.2. The number of amides is 1. The Bertz CT molecular complexity index is 632. The molecule has 1 heterocycles. The Morgan fingerprint density at radius 1 is 1.26 bits per heavy atom. The maximum absolute atomic E-state index is 11.9. The topological polar surface area (TPSA) is 63.2 Å². The van der Waals surface area contributed by atoms with E-state index in [0.29, 0.717) is 36.1 Å². The van der Waals surface area contributed by atoms with Gasteiger partial charge in [0, 0.05) is 38.0 Å². The number of benzene rings is 1. The summed E-state index contributed by atoms with van der Waals surface area (Å²) in [5, 5.41) is 6.72. The Morgan fingerprint density at radius 2 is 2.09 bits per heavy atom. The SMILES string of the molecule is COCCCNC(=O)c1ccc(NCc2ccccc2Cl)nc1. The van der Waals surface area contributed by atoms with Crippen LogP contribution in [0.25, 0.3) is 0 Å². The van der Waals surface area contributed by atoms with Crippen LogP contribution in [0.4, 0.5) is 5.82 Å². The Balaban J connectivity index is 1.84. The van der Waals surface area contributed by atoms with Crippen LogP contribution in [0.2, 0.25) is 5.02 Å². The molecule has 0 unspecified atom stereocenters. The molecular weight excluding hydrogens is 314 g/mol. The molecule has 0 saturated carbocycles. The molecular formula is C17H20ClN3O2. The average molecular weight is 334 g/mol. The van der Waals surface area contributed by atoms with Crippen molar-refractivity contribution in [2.24, 2.45) is 0 Å². The Labute approximate surface area is 141 Å². The van der Waals surface area contributed by atoms with Crippen molar-refractivity contribution in [2.75, 3.05) is 25.6 Å². The molecule has 0 saturated heterocycles. The largest absolute Gasteiger partial charge is 0.385 e. The van der Waals surface area contributed by atoms with E-state index in [1.807, 2.05) is 24.3 Å². The fourth-order valence-electron chi connectivity index (χ4n) is 1.98. The molecule has 6 heteroatoms. The predicted molar refractivity (Wildman–Crippen MR) is 91.8 cm³/mol. The molecule has 0 bridgehead atoms. The van der Waals surface area contributed by atoms with Crippen molar-refractivity contribution < 1.29 is 9.53 Å². The lowest BCUT2D eigenvalue weighted by molar-refractivity contribution is 0.0948. The highest BCUT2D eigenvalue weighted by atomic mass is 35.5. The Hall–Kier alpha value is -2.11. The van der Waals surface area contributed by atoms with Gasteiger partial charge in [0.15, 0.2) is 0 Å². The van der Waals surface area contributed by atoms with Crippen molar-refractivity contribution in [1.82, 2.24) is 10.3 Å². The highest BCUT2D eigenvalue weighted by molar-refractivity contribution is 6.31. The normalized spacial score (nSPS) is 10.3. The van der Waals surface area contributed by atoms with Crippen molar-refractivity contribution in [3.8, 4) is 0 Å². The zero-order valence-electron chi connectivity index (χ0n) is 13.0. The average Bonchev–Trinajstić information content (AvgIpc) is 2.58. The first kappa shape index (κ1) is 17.2. The molecule has 122 valence electrons. The molecule has 1 aromatic heterocycles. The Morgan fingerprint density at radius 3 is 2.78 bits per heavy atom. The van der Waals surface area contributed by atoms with Gasteiger partial charge in [-0.3, -0.25) is 4.79 Å². The van der Waals surface area contributed by atoms with Gasteiger partial charge < -0.3 is 15.4 Å². The molecule has 2 N–H and O–H groups in total. The van der Waals surface area contributed by atoms with Crippen LogP contribution in [0, 0.1) is 0 Å². The van der Waals surface area contributed by atoms with Gasteiger partial charge in [-0.2, -0.15) is 0 Å². The first-order chi connectivity index (χ1) is 11.2. The number of hydrogen-bond acceptors (Lipinski definition) is 4. The molecule has 0 fully saturated rings.